The number of hydrogen-bond acceptors (Lipinski definition) is 2. The van der Waals surface area contributed by atoms with E-state index in [1.54, 1.807) is 18.0 Å². The molecule has 0 radical (unpaired) electrons. The van der Waals surface area contributed by atoms with Crippen LogP contribution < -0.4 is 4.90 Å². The number of carbonyl (C=O) groups excluding carboxylic acids is 1. The number of carbonyl (C=O) groups is 1. The van der Waals surface area contributed by atoms with Crippen molar-refractivity contribution in [3.63, 3.8) is 0 Å². The molecule has 1 heterocycles. The Morgan fingerprint density at radius 1 is 1.24 bits per heavy atom. The SMILES string of the molecule is CN1C(=O)CN=C(c2cccc(I)c2)c2cc(Cl)ccc21. The maximum absolute atomic E-state index is 12.1. The minimum Gasteiger partial charge on any atom is -0.313 e. The van der Waals surface area contributed by atoms with Crippen molar-refractivity contribution in [3.8, 4) is 0 Å². The first kappa shape index (κ1) is 14.5. The van der Waals surface area contributed by atoms with E-state index in [-0.39, 0.29) is 12.5 Å². The number of likely N-dealkylation sites (N-methyl/N-ethyl adjacent to an activating group) is 1. The summed E-state index contributed by atoms with van der Waals surface area (Å²) in [5, 5.41) is 0.634. The highest BCUT2D eigenvalue weighted by molar-refractivity contribution is 14.1. The first-order valence-electron chi connectivity index (χ1n) is 6.43. The molecule has 2 aromatic carbocycles. The van der Waals surface area contributed by atoms with Crippen molar-refractivity contribution in [1.29, 1.82) is 0 Å². The molecule has 0 atom stereocenters. The monoisotopic (exact) mass is 410 g/mol. The number of nitrogens with zero attached hydrogens (tertiary/aromatic N) is 2. The summed E-state index contributed by atoms with van der Waals surface area (Å²) in [5.74, 6) is -0.0285. The summed E-state index contributed by atoms with van der Waals surface area (Å²) in [5.41, 5.74) is 3.52. The van der Waals surface area contributed by atoms with E-state index < -0.39 is 0 Å². The maximum atomic E-state index is 12.1. The molecule has 1 amide bonds. The van der Waals surface area contributed by atoms with Crippen LogP contribution in [0.2, 0.25) is 5.02 Å². The Kier molecular flexibility index (Phi) is 3.99. The average Bonchev–Trinajstić information content (AvgIpc) is 2.57. The Morgan fingerprint density at radius 3 is 2.81 bits per heavy atom. The molecular weight excluding hydrogens is 399 g/mol. The van der Waals surface area contributed by atoms with E-state index in [0.717, 1.165) is 26.1 Å². The molecule has 1 aliphatic heterocycles. The molecule has 0 bridgehead atoms. The summed E-state index contributed by atoms with van der Waals surface area (Å²) in [6.07, 6.45) is 0. The van der Waals surface area contributed by atoms with E-state index in [1.165, 1.54) is 0 Å². The Labute approximate surface area is 141 Å². The van der Waals surface area contributed by atoms with Crippen LogP contribution in [0.3, 0.4) is 0 Å². The van der Waals surface area contributed by atoms with Gasteiger partial charge in [0.25, 0.3) is 0 Å². The highest BCUT2D eigenvalue weighted by Gasteiger charge is 2.22. The minimum atomic E-state index is -0.0285. The smallest absolute Gasteiger partial charge is 0.248 e. The van der Waals surface area contributed by atoms with Crippen LogP contribution in [0.15, 0.2) is 47.5 Å². The molecule has 0 fully saturated rings. The summed E-state index contributed by atoms with van der Waals surface area (Å²) in [7, 11) is 1.77. The molecule has 2 aromatic rings. The summed E-state index contributed by atoms with van der Waals surface area (Å²) >= 11 is 8.41. The van der Waals surface area contributed by atoms with Crippen molar-refractivity contribution in [3.05, 3.63) is 62.2 Å². The fourth-order valence-electron chi connectivity index (χ4n) is 2.35. The Morgan fingerprint density at radius 2 is 2.05 bits per heavy atom. The molecule has 0 saturated carbocycles. The fourth-order valence-corrected chi connectivity index (χ4v) is 3.06. The molecule has 106 valence electrons. The zero-order valence-corrected chi connectivity index (χ0v) is 14.2. The van der Waals surface area contributed by atoms with Gasteiger partial charge in [-0.25, -0.2) is 0 Å². The van der Waals surface area contributed by atoms with Crippen molar-refractivity contribution in [1.82, 2.24) is 0 Å². The molecule has 0 unspecified atom stereocenters. The number of aliphatic imine (C=N–C) groups is 1. The summed E-state index contributed by atoms with van der Waals surface area (Å²) in [4.78, 5) is 18.2. The lowest BCUT2D eigenvalue weighted by molar-refractivity contribution is -0.116. The van der Waals surface area contributed by atoms with Crippen LogP contribution in [0, 0.1) is 3.57 Å². The van der Waals surface area contributed by atoms with Crippen molar-refractivity contribution in [2.24, 2.45) is 4.99 Å². The van der Waals surface area contributed by atoms with Gasteiger partial charge in [0.05, 0.1) is 11.4 Å². The molecule has 0 spiro atoms. The van der Waals surface area contributed by atoms with E-state index in [1.807, 2.05) is 30.3 Å². The van der Waals surface area contributed by atoms with Crippen molar-refractivity contribution in [2.75, 3.05) is 18.5 Å². The van der Waals surface area contributed by atoms with Crippen LogP contribution >= 0.6 is 34.2 Å². The fraction of sp³-hybridized carbons (Fsp3) is 0.125. The summed E-state index contributed by atoms with van der Waals surface area (Å²) in [6.45, 7) is 0.142. The average molecular weight is 411 g/mol. The van der Waals surface area contributed by atoms with E-state index in [2.05, 4.69) is 33.6 Å². The molecule has 1 aliphatic rings. The first-order valence-corrected chi connectivity index (χ1v) is 7.89. The number of benzene rings is 2. The van der Waals surface area contributed by atoms with Crippen LogP contribution in [0.25, 0.3) is 0 Å². The van der Waals surface area contributed by atoms with E-state index >= 15 is 0 Å². The standard InChI is InChI=1S/C16H12ClIN2O/c1-20-14-6-5-11(17)8-13(14)16(19-9-15(20)21)10-3-2-4-12(18)7-10/h2-8H,9H2,1H3. The zero-order valence-electron chi connectivity index (χ0n) is 11.3. The number of benzodiazepines with no additional fused rings is 1. The van der Waals surface area contributed by atoms with Crippen LogP contribution in [0.4, 0.5) is 5.69 Å². The lowest BCUT2D eigenvalue weighted by Gasteiger charge is -2.18. The van der Waals surface area contributed by atoms with Crippen LogP contribution in [0.1, 0.15) is 11.1 Å². The predicted molar refractivity (Wildman–Crippen MR) is 94.5 cm³/mol. The molecule has 3 nitrogen and oxygen atoms in total. The van der Waals surface area contributed by atoms with Gasteiger partial charge >= 0.3 is 0 Å². The van der Waals surface area contributed by atoms with Crippen LogP contribution in [-0.4, -0.2) is 25.2 Å². The Balaban J connectivity index is 2.23. The first-order chi connectivity index (χ1) is 10.1. The Hall–Kier alpha value is -1.40. The van der Waals surface area contributed by atoms with Gasteiger partial charge in [0.2, 0.25) is 5.91 Å². The lowest BCUT2D eigenvalue weighted by Crippen LogP contribution is -2.27. The van der Waals surface area contributed by atoms with Gasteiger partial charge in [0, 0.05) is 26.8 Å². The van der Waals surface area contributed by atoms with Crippen LogP contribution in [0.5, 0.6) is 0 Å². The van der Waals surface area contributed by atoms with Crippen molar-refractivity contribution < 1.29 is 4.79 Å². The predicted octanol–water partition coefficient (Wildman–Crippen LogP) is 3.76. The highest BCUT2D eigenvalue weighted by Crippen LogP contribution is 2.29. The van der Waals surface area contributed by atoms with Gasteiger partial charge in [0.15, 0.2) is 0 Å². The second kappa shape index (κ2) is 5.77. The molecular formula is C16H12ClIN2O. The number of halogens is 2. The van der Waals surface area contributed by atoms with Gasteiger partial charge in [0.1, 0.15) is 6.54 Å². The van der Waals surface area contributed by atoms with E-state index in [4.69, 9.17) is 11.6 Å². The number of fused-ring (bicyclic) bond motifs is 1. The van der Waals surface area contributed by atoms with Gasteiger partial charge in [-0.3, -0.25) is 9.79 Å². The Bertz CT molecular complexity index is 758. The third-order valence-corrected chi connectivity index (χ3v) is 4.33. The number of anilines is 1. The van der Waals surface area contributed by atoms with Crippen molar-refractivity contribution in [2.45, 2.75) is 0 Å². The summed E-state index contributed by atoms with van der Waals surface area (Å²) < 4.78 is 1.13. The molecule has 5 heteroatoms. The molecule has 0 saturated heterocycles. The largest absolute Gasteiger partial charge is 0.313 e. The van der Waals surface area contributed by atoms with Crippen LogP contribution in [-0.2, 0) is 4.79 Å². The van der Waals surface area contributed by atoms with E-state index in [0.29, 0.717) is 5.02 Å². The number of hydrogen-bond donors (Lipinski definition) is 0. The second-order valence-electron chi connectivity index (χ2n) is 4.79. The number of amides is 1. The molecule has 0 aromatic heterocycles. The minimum absolute atomic E-state index is 0.0285. The normalized spacial score (nSPS) is 14.5. The molecule has 0 N–H and O–H groups in total. The number of rotatable bonds is 1. The van der Waals surface area contributed by atoms with E-state index in [9.17, 15) is 4.79 Å². The second-order valence-corrected chi connectivity index (χ2v) is 6.47. The van der Waals surface area contributed by atoms with Gasteiger partial charge in [-0.05, 0) is 52.9 Å². The third kappa shape index (κ3) is 2.82. The van der Waals surface area contributed by atoms with Gasteiger partial charge in [-0.15, -0.1) is 0 Å². The molecule has 3 rings (SSSR count). The molecule has 0 aliphatic carbocycles. The third-order valence-electron chi connectivity index (χ3n) is 3.42. The quantitative estimate of drug-likeness (QED) is 0.659. The maximum Gasteiger partial charge on any atom is 0.248 e. The highest BCUT2D eigenvalue weighted by atomic mass is 127. The van der Waals surface area contributed by atoms with Crippen molar-refractivity contribution >= 4 is 51.5 Å². The van der Waals surface area contributed by atoms with Gasteiger partial charge < -0.3 is 4.90 Å². The van der Waals surface area contributed by atoms with Gasteiger partial charge in [-0.1, -0.05) is 23.7 Å². The zero-order chi connectivity index (χ0) is 15.0. The van der Waals surface area contributed by atoms with Gasteiger partial charge in [-0.2, -0.15) is 0 Å². The lowest BCUT2D eigenvalue weighted by atomic mass is 10.0. The molecule has 21 heavy (non-hydrogen) atoms. The summed E-state index contributed by atoms with van der Waals surface area (Å²) in [6, 6.07) is 13.6. The topological polar surface area (TPSA) is 32.7 Å².